The molecule has 1 aromatic carbocycles. The number of halogens is 1. The first-order chi connectivity index (χ1) is 14.9. The van der Waals surface area contributed by atoms with Crippen LogP contribution in [0, 0.1) is 0 Å². The van der Waals surface area contributed by atoms with E-state index in [0.717, 1.165) is 25.8 Å². The summed E-state index contributed by atoms with van der Waals surface area (Å²) >= 11 is 5.92. The van der Waals surface area contributed by atoms with Gasteiger partial charge in [0.05, 0.1) is 6.04 Å². The number of amides is 2. The predicted molar refractivity (Wildman–Crippen MR) is 118 cm³/mol. The normalized spacial score (nSPS) is 16.1. The van der Waals surface area contributed by atoms with Crippen molar-refractivity contribution in [1.29, 1.82) is 0 Å². The predicted octanol–water partition coefficient (Wildman–Crippen LogP) is 2.48. The molecule has 0 saturated carbocycles. The molecule has 1 unspecified atom stereocenters. The second-order valence-corrected chi connectivity index (χ2v) is 7.73. The molecule has 1 aliphatic heterocycles. The van der Waals surface area contributed by atoms with Crippen molar-refractivity contribution in [3.05, 3.63) is 64.7 Å². The average molecular weight is 440 g/mol. The Balaban J connectivity index is 1.61. The fourth-order valence-electron chi connectivity index (χ4n) is 3.65. The van der Waals surface area contributed by atoms with Crippen LogP contribution >= 0.6 is 11.6 Å². The minimum atomic E-state index is -0.666. The number of carbonyl (C=O) groups excluding carboxylic acids is 2. The van der Waals surface area contributed by atoms with Gasteiger partial charge in [0.1, 0.15) is 17.3 Å². The molecule has 6 N–H and O–H groups in total. The molecule has 3 heterocycles. The van der Waals surface area contributed by atoms with Gasteiger partial charge >= 0.3 is 0 Å². The van der Waals surface area contributed by atoms with E-state index >= 15 is 0 Å². The smallest absolute Gasteiger partial charge is 0.269 e. The fraction of sp³-hybridized carbons (Fsp3) is 0.238. The van der Waals surface area contributed by atoms with Crippen LogP contribution in [0.5, 0.6) is 0 Å². The number of rotatable bonds is 5. The highest BCUT2D eigenvalue weighted by Gasteiger charge is 2.27. The third-order valence-electron chi connectivity index (χ3n) is 5.18. The summed E-state index contributed by atoms with van der Waals surface area (Å²) in [7, 11) is 0. The van der Waals surface area contributed by atoms with Gasteiger partial charge in [0.25, 0.3) is 11.8 Å². The molecule has 3 aromatic rings. The minimum Gasteiger partial charge on any atom is -0.364 e. The quantitative estimate of drug-likeness (QED) is 0.450. The molecule has 160 valence electrons. The number of aromatic nitrogens is 3. The summed E-state index contributed by atoms with van der Waals surface area (Å²) in [5, 5.41) is 6.53. The lowest BCUT2D eigenvalue weighted by Crippen LogP contribution is -2.32. The molecular weight excluding hydrogens is 418 g/mol. The van der Waals surface area contributed by atoms with Crippen LogP contribution in [0.3, 0.4) is 0 Å². The minimum absolute atomic E-state index is 0.0409. The van der Waals surface area contributed by atoms with Crippen molar-refractivity contribution in [2.24, 2.45) is 5.73 Å². The van der Waals surface area contributed by atoms with Gasteiger partial charge in [0.2, 0.25) is 0 Å². The van der Waals surface area contributed by atoms with Crippen LogP contribution in [0.1, 0.15) is 52.0 Å². The van der Waals surface area contributed by atoms with E-state index in [2.05, 4.69) is 20.6 Å². The second-order valence-electron chi connectivity index (χ2n) is 7.29. The number of benzene rings is 1. The number of nitrogens with one attached hydrogen (secondary N) is 2. The molecule has 31 heavy (non-hydrogen) atoms. The summed E-state index contributed by atoms with van der Waals surface area (Å²) in [6.07, 6.45) is 4.53. The Kier molecular flexibility index (Phi) is 5.88. The van der Waals surface area contributed by atoms with Gasteiger partial charge in [0.15, 0.2) is 5.69 Å². The Labute approximate surface area is 183 Å². The molecule has 2 aromatic heterocycles. The van der Waals surface area contributed by atoms with E-state index in [1.165, 1.54) is 10.9 Å². The van der Waals surface area contributed by atoms with Crippen molar-refractivity contribution in [2.45, 2.75) is 25.3 Å². The first kappa shape index (κ1) is 20.8. The molecule has 2 amide bonds. The maximum absolute atomic E-state index is 12.5. The molecule has 4 rings (SSSR count). The van der Waals surface area contributed by atoms with E-state index in [1.807, 2.05) is 0 Å². The maximum atomic E-state index is 12.5. The number of nitrogens with zero attached hydrogens (tertiary/aromatic N) is 3. The molecule has 0 aliphatic carbocycles. The van der Waals surface area contributed by atoms with Crippen molar-refractivity contribution in [1.82, 2.24) is 20.0 Å². The van der Waals surface area contributed by atoms with Crippen LogP contribution in [0.25, 0.3) is 11.3 Å². The molecule has 0 radical (unpaired) electrons. The summed E-state index contributed by atoms with van der Waals surface area (Å²) in [5.41, 5.74) is 7.15. The van der Waals surface area contributed by atoms with Gasteiger partial charge in [-0.15, -0.1) is 0 Å². The van der Waals surface area contributed by atoms with Gasteiger partial charge in [-0.3, -0.25) is 9.59 Å². The zero-order valence-electron chi connectivity index (χ0n) is 16.6. The Morgan fingerprint density at radius 3 is 2.61 bits per heavy atom. The maximum Gasteiger partial charge on any atom is 0.269 e. The highest BCUT2D eigenvalue weighted by molar-refractivity contribution is 6.30. The highest BCUT2D eigenvalue weighted by atomic mass is 35.5. The topological polar surface area (TPSA) is 141 Å². The summed E-state index contributed by atoms with van der Waals surface area (Å²) in [5.74, 6) is 6.09. The fourth-order valence-corrected chi connectivity index (χ4v) is 3.81. The molecule has 1 aliphatic rings. The zero-order valence-corrected chi connectivity index (χ0v) is 17.4. The Morgan fingerprint density at radius 2 is 1.97 bits per heavy atom. The van der Waals surface area contributed by atoms with Crippen molar-refractivity contribution in [3.8, 4) is 11.3 Å². The molecule has 1 fully saturated rings. The monoisotopic (exact) mass is 439 g/mol. The van der Waals surface area contributed by atoms with Crippen molar-refractivity contribution in [3.63, 3.8) is 0 Å². The van der Waals surface area contributed by atoms with Crippen LogP contribution in [0.4, 0.5) is 5.82 Å². The Hall–Kier alpha value is -3.43. The highest BCUT2D eigenvalue weighted by Crippen LogP contribution is 2.29. The number of primary amides is 1. The number of nitrogens with two attached hydrogens (primary N) is 2. The van der Waals surface area contributed by atoms with E-state index in [-0.39, 0.29) is 17.6 Å². The van der Waals surface area contributed by atoms with Crippen LogP contribution < -0.4 is 22.2 Å². The molecule has 9 nitrogen and oxygen atoms in total. The molecule has 0 bridgehead atoms. The lowest BCUT2D eigenvalue weighted by molar-refractivity contribution is 0.0991. The van der Waals surface area contributed by atoms with Crippen LogP contribution in [0.15, 0.2) is 42.6 Å². The number of hydrogen-bond acceptors (Lipinski definition) is 6. The van der Waals surface area contributed by atoms with Gasteiger partial charge in [-0.25, -0.2) is 14.6 Å². The number of carbonyl (C=O) groups is 2. The molecule has 1 atom stereocenters. The van der Waals surface area contributed by atoms with Gasteiger partial charge < -0.3 is 22.2 Å². The van der Waals surface area contributed by atoms with Crippen molar-refractivity contribution in [2.75, 3.05) is 17.7 Å². The third kappa shape index (κ3) is 4.37. The van der Waals surface area contributed by atoms with Gasteiger partial charge in [0, 0.05) is 22.3 Å². The molecule has 0 spiro atoms. The molecule has 10 heteroatoms. The van der Waals surface area contributed by atoms with Crippen LogP contribution in [-0.2, 0) is 0 Å². The number of anilines is 1. The van der Waals surface area contributed by atoms with E-state index < -0.39 is 5.91 Å². The zero-order chi connectivity index (χ0) is 22.0. The number of hydrogen-bond donors (Lipinski definition) is 4. The van der Waals surface area contributed by atoms with Gasteiger partial charge in [-0.1, -0.05) is 30.2 Å². The molecular formula is C21H22ClN7O2. The first-order valence-corrected chi connectivity index (χ1v) is 10.3. The summed E-state index contributed by atoms with van der Waals surface area (Å²) in [4.78, 5) is 33.3. The van der Waals surface area contributed by atoms with E-state index in [9.17, 15) is 9.59 Å². The summed E-state index contributed by atoms with van der Waals surface area (Å²) in [6, 6.07) is 9.81. The summed E-state index contributed by atoms with van der Waals surface area (Å²) in [6.45, 7) is 0.865. The van der Waals surface area contributed by atoms with Crippen molar-refractivity contribution >= 4 is 29.2 Å². The van der Waals surface area contributed by atoms with E-state index in [4.69, 9.17) is 23.2 Å². The van der Waals surface area contributed by atoms with E-state index in [1.54, 1.807) is 36.4 Å². The van der Waals surface area contributed by atoms with Gasteiger partial charge in [-0.05, 0) is 43.7 Å². The van der Waals surface area contributed by atoms with Gasteiger partial charge in [-0.2, -0.15) is 0 Å². The molecule has 1 saturated heterocycles. The Bertz CT molecular complexity index is 1120. The average Bonchev–Trinajstić information content (AvgIpc) is 3.12. The second kappa shape index (κ2) is 8.75. The lowest BCUT2D eigenvalue weighted by Gasteiger charge is -2.22. The Morgan fingerprint density at radius 1 is 1.19 bits per heavy atom. The number of nitrogen functional groups attached to an aromatic ring is 1. The first-order valence-electron chi connectivity index (χ1n) is 9.88. The lowest BCUT2D eigenvalue weighted by atomic mass is 10.0. The SMILES string of the molecule is NC(=O)c1c(-c2ccc(C(=O)Nc3cc(Cl)ccn3)cc2)nc(C2CCCCN2)n1N. The van der Waals surface area contributed by atoms with Crippen LogP contribution in [0.2, 0.25) is 5.02 Å². The summed E-state index contributed by atoms with van der Waals surface area (Å²) < 4.78 is 1.27. The number of pyridine rings is 1. The standard InChI is InChI=1S/C21H22ClN7O2/c22-14-8-10-26-16(11-14)27-21(31)13-6-4-12(5-7-13)17-18(19(23)30)29(24)20(28-17)15-3-1-2-9-25-15/h4-8,10-11,15,25H,1-3,9,24H2,(H2,23,30)(H,26,27,31). The van der Waals surface area contributed by atoms with Crippen molar-refractivity contribution < 1.29 is 9.59 Å². The largest absolute Gasteiger partial charge is 0.364 e. The van der Waals surface area contributed by atoms with Crippen LogP contribution in [-0.4, -0.2) is 33.0 Å². The third-order valence-corrected chi connectivity index (χ3v) is 5.41. The van der Waals surface area contributed by atoms with E-state index in [0.29, 0.717) is 33.5 Å². The number of imidazole rings is 1. The number of piperidine rings is 1.